The highest BCUT2D eigenvalue weighted by molar-refractivity contribution is 6.30. The number of fused-ring (bicyclic) bond motifs is 1. The molecule has 2 aromatic carbocycles. The Morgan fingerprint density at radius 2 is 2.00 bits per heavy atom. The fourth-order valence-corrected chi connectivity index (χ4v) is 4.32. The van der Waals surface area contributed by atoms with Crippen molar-refractivity contribution in [1.82, 2.24) is 5.43 Å². The number of allylic oxidation sites excluding steroid dienone is 1. The van der Waals surface area contributed by atoms with Crippen molar-refractivity contribution in [3.63, 3.8) is 0 Å². The van der Waals surface area contributed by atoms with Crippen molar-refractivity contribution in [3.05, 3.63) is 70.1 Å². The lowest BCUT2D eigenvalue weighted by atomic mass is 9.75. The Labute approximate surface area is 192 Å². The highest BCUT2D eigenvalue weighted by atomic mass is 35.5. The van der Waals surface area contributed by atoms with Crippen LogP contribution in [0.5, 0.6) is 11.5 Å². The van der Waals surface area contributed by atoms with Crippen molar-refractivity contribution >= 4 is 17.3 Å². The van der Waals surface area contributed by atoms with Crippen LogP contribution in [0.25, 0.3) is 0 Å². The van der Waals surface area contributed by atoms with Crippen LogP contribution in [0.4, 0.5) is 0 Å². The number of ether oxygens (including phenoxy) is 3. The molecule has 3 N–H and O–H groups in total. The molecule has 0 aliphatic carbocycles. The zero-order valence-corrected chi connectivity index (χ0v) is 18.7. The summed E-state index contributed by atoms with van der Waals surface area (Å²) >= 11 is 5.95. The van der Waals surface area contributed by atoms with Gasteiger partial charge in [0.15, 0.2) is 17.7 Å². The average molecular weight is 453 g/mol. The predicted octanol–water partition coefficient (Wildman–Crippen LogP) is 4.44. The van der Waals surface area contributed by atoms with Gasteiger partial charge >= 0.3 is 0 Å². The molecule has 7 nitrogen and oxygen atoms in total. The lowest BCUT2D eigenvalue weighted by Crippen LogP contribution is -2.42. The highest BCUT2D eigenvalue weighted by Crippen LogP contribution is 2.44. The summed E-state index contributed by atoms with van der Waals surface area (Å²) in [5.74, 6) is 0.898. The molecule has 0 amide bonds. The molecule has 0 saturated heterocycles. The fourth-order valence-electron chi connectivity index (χ4n) is 4.19. The minimum Gasteiger partial charge on any atom is -0.493 e. The summed E-state index contributed by atoms with van der Waals surface area (Å²) in [6.07, 6.45) is 1.36. The maximum atomic E-state index is 9.85. The van der Waals surface area contributed by atoms with Gasteiger partial charge in [0.1, 0.15) is 12.7 Å². The number of methoxy groups -OCH3 is 1. The van der Waals surface area contributed by atoms with Gasteiger partial charge in [0.25, 0.3) is 0 Å². The summed E-state index contributed by atoms with van der Waals surface area (Å²) in [6, 6.07) is 15.4. The summed E-state index contributed by atoms with van der Waals surface area (Å²) in [5.41, 5.74) is 12.4. The Balaban J connectivity index is 1.65. The van der Waals surface area contributed by atoms with E-state index in [2.05, 4.69) is 23.5 Å². The Kier molecular flexibility index (Phi) is 6.42. The van der Waals surface area contributed by atoms with E-state index in [4.69, 9.17) is 31.5 Å². The standard InChI is InChI=1S/C24H25ClN4O3/c1-3-4-18-22-21(17(12-26)23(27)32-24(22)29-28-18)15-7-10-19(20(11-15)30-2)31-13-14-5-8-16(25)9-6-14/h5-11,21-22,24,29H,3-4,13,27H2,1-2H3. The molecule has 166 valence electrons. The first-order valence-electron chi connectivity index (χ1n) is 10.5. The van der Waals surface area contributed by atoms with Crippen molar-refractivity contribution in [2.45, 2.75) is 38.5 Å². The van der Waals surface area contributed by atoms with Crippen LogP contribution in [0, 0.1) is 17.2 Å². The van der Waals surface area contributed by atoms with Gasteiger partial charge < -0.3 is 19.9 Å². The van der Waals surface area contributed by atoms with Gasteiger partial charge in [-0.05, 0) is 41.8 Å². The average Bonchev–Trinajstić information content (AvgIpc) is 3.20. The van der Waals surface area contributed by atoms with Gasteiger partial charge in [-0.1, -0.05) is 43.1 Å². The second kappa shape index (κ2) is 9.41. The van der Waals surface area contributed by atoms with Crippen LogP contribution in [-0.4, -0.2) is 19.0 Å². The summed E-state index contributed by atoms with van der Waals surface area (Å²) < 4.78 is 17.4. The molecular weight excluding hydrogens is 428 g/mol. The molecular formula is C24H25ClN4O3. The molecule has 8 heteroatoms. The monoisotopic (exact) mass is 452 g/mol. The third kappa shape index (κ3) is 4.19. The first-order chi connectivity index (χ1) is 15.5. The van der Waals surface area contributed by atoms with Gasteiger partial charge in [-0.15, -0.1) is 0 Å². The number of hydrogen-bond acceptors (Lipinski definition) is 7. The molecule has 2 aliphatic heterocycles. The van der Waals surface area contributed by atoms with Gasteiger partial charge in [0, 0.05) is 16.7 Å². The number of hydrazone groups is 1. The van der Waals surface area contributed by atoms with E-state index in [1.165, 1.54) is 0 Å². The van der Waals surface area contributed by atoms with Crippen LogP contribution in [0.2, 0.25) is 5.02 Å². The van der Waals surface area contributed by atoms with Crippen LogP contribution in [-0.2, 0) is 11.3 Å². The molecule has 2 heterocycles. The summed E-state index contributed by atoms with van der Waals surface area (Å²) in [7, 11) is 1.59. The Morgan fingerprint density at radius 3 is 2.69 bits per heavy atom. The lowest BCUT2D eigenvalue weighted by Gasteiger charge is -2.34. The number of hydrogen-bond donors (Lipinski definition) is 2. The van der Waals surface area contributed by atoms with E-state index >= 15 is 0 Å². The summed E-state index contributed by atoms with van der Waals surface area (Å²) in [4.78, 5) is 0. The second-order valence-electron chi connectivity index (χ2n) is 7.74. The first-order valence-corrected chi connectivity index (χ1v) is 10.9. The van der Waals surface area contributed by atoms with E-state index in [0.29, 0.717) is 28.7 Å². The molecule has 0 spiro atoms. The molecule has 0 saturated carbocycles. The third-order valence-electron chi connectivity index (χ3n) is 5.72. The number of nitrogens with two attached hydrogens (primary N) is 1. The van der Waals surface area contributed by atoms with E-state index in [1.54, 1.807) is 7.11 Å². The minimum absolute atomic E-state index is 0.123. The number of rotatable bonds is 7. The van der Waals surface area contributed by atoms with Crippen molar-refractivity contribution in [1.29, 1.82) is 5.26 Å². The van der Waals surface area contributed by atoms with Crippen LogP contribution in [0.3, 0.4) is 0 Å². The predicted molar refractivity (Wildman–Crippen MR) is 122 cm³/mol. The van der Waals surface area contributed by atoms with Crippen molar-refractivity contribution < 1.29 is 14.2 Å². The Bertz CT molecular complexity index is 1090. The van der Waals surface area contributed by atoms with Crippen LogP contribution < -0.4 is 20.6 Å². The molecule has 32 heavy (non-hydrogen) atoms. The maximum Gasteiger partial charge on any atom is 0.201 e. The normalized spacial score (nSPS) is 21.7. The van der Waals surface area contributed by atoms with E-state index in [-0.39, 0.29) is 17.7 Å². The number of nitrogens with one attached hydrogen (secondary N) is 1. The van der Waals surface area contributed by atoms with Crippen molar-refractivity contribution in [2.75, 3.05) is 7.11 Å². The zero-order valence-electron chi connectivity index (χ0n) is 18.0. The summed E-state index contributed by atoms with van der Waals surface area (Å²) in [6.45, 7) is 2.47. The largest absolute Gasteiger partial charge is 0.493 e. The summed E-state index contributed by atoms with van der Waals surface area (Å²) in [5, 5.41) is 15.0. The van der Waals surface area contributed by atoms with E-state index < -0.39 is 6.23 Å². The van der Waals surface area contributed by atoms with Gasteiger partial charge in [-0.2, -0.15) is 10.4 Å². The molecule has 0 radical (unpaired) electrons. The van der Waals surface area contributed by atoms with Crippen LogP contribution in [0.15, 0.2) is 59.0 Å². The fraction of sp³-hybridized carbons (Fsp3) is 0.333. The Hall–Kier alpha value is -3.37. The molecule has 2 aliphatic rings. The van der Waals surface area contributed by atoms with Gasteiger partial charge in [0.2, 0.25) is 5.88 Å². The number of nitriles is 1. The highest BCUT2D eigenvalue weighted by Gasteiger charge is 2.46. The first kappa shape index (κ1) is 21.8. The maximum absolute atomic E-state index is 9.85. The topological polar surface area (TPSA) is 102 Å². The van der Waals surface area contributed by atoms with Gasteiger partial charge in [-0.3, -0.25) is 5.43 Å². The molecule has 3 unspecified atom stereocenters. The number of halogens is 1. The smallest absolute Gasteiger partial charge is 0.201 e. The van der Waals surface area contributed by atoms with Crippen LogP contribution >= 0.6 is 11.6 Å². The van der Waals surface area contributed by atoms with Gasteiger partial charge in [0.05, 0.1) is 18.6 Å². The van der Waals surface area contributed by atoms with E-state index in [1.807, 2.05) is 42.5 Å². The molecule has 2 aromatic rings. The molecule has 3 atom stereocenters. The van der Waals surface area contributed by atoms with Crippen molar-refractivity contribution in [2.24, 2.45) is 16.8 Å². The molecule has 0 fully saturated rings. The van der Waals surface area contributed by atoms with Gasteiger partial charge in [-0.25, -0.2) is 0 Å². The van der Waals surface area contributed by atoms with E-state index in [0.717, 1.165) is 29.7 Å². The Morgan fingerprint density at radius 1 is 1.22 bits per heavy atom. The number of benzene rings is 2. The van der Waals surface area contributed by atoms with E-state index in [9.17, 15) is 5.26 Å². The number of nitrogens with zero attached hydrogens (tertiary/aromatic N) is 2. The van der Waals surface area contributed by atoms with Crippen molar-refractivity contribution in [3.8, 4) is 17.6 Å². The zero-order chi connectivity index (χ0) is 22.7. The molecule has 0 aromatic heterocycles. The molecule has 0 bridgehead atoms. The second-order valence-corrected chi connectivity index (χ2v) is 8.18. The van der Waals surface area contributed by atoms with Crippen LogP contribution in [0.1, 0.15) is 36.8 Å². The SMILES string of the molecule is CCCC1=NNC2OC(N)=C(C#N)C(c3ccc(OCc4ccc(Cl)cc4)c(OC)c3)C12. The molecule has 4 rings (SSSR count). The lowest BCUT2D eigenvalue weighted by molar-refractivity contribution is 0.0451. The quantitative estimate of drug-likeness (QED) is 0.644. The third-order valence-corrected chi connectivity index (χ3v) is 5.97. The minimum atomic E-state index is -0.398.